The molecule has 0 radical (unpaired) electrons. The molecule has 0 aliphatic heterocycles. The predicted molar refractivity (Wildman–Crippen MR) is 78.9 cm³/mol. The molecule has 0 saturated heterocycles. The molecule has 8 nitrogen and oxygen atoms in total. The number of nitrogens with zero attached hydrogens (tertiary/aromatic N) is 3. The van der Waals surface area contributed by atoms with Crippen LogP contribution in [-0.4, -0.2) is 38.9 Å². The van der Waals surface area contributed by atoms with Gasteiger partial charge in [0.2, 0.25) is 0 Å². The van der Waals surface area contributed by atoms with Gasteiger partial charge in [0, 0.05) is 32.5 Å². The molecule has 0 fully saturated rings. The maximum absolute atomic E-state index is 11.3. The molecule has 2 rings (SSSR count). The molecule has 0 unspecified atom stereocenters. The zero-order valence-electron chi connectivity index (χ0n) is 11.7. The van der Waals surface area contributed by atoms with Gasteiger partial charge in [-0.15, -0.1) is 0 Å². The molecule has 8 heteroatoms. The third kappa shape index (κ3) is 3.93. The van der Waals surface area contributed by atoms with Crippen LogP contribution < -0.4 is 16.4 Å². The summed E-state index contributed by atoms with van der Waals surface area (Å²) in [6, 6.07) is 3.71. The van der Waals surface area contributed by atoms with Crippen LogP contribution in [0.25, 0.3) is 0 Å². The van der Waals surface area contributed by atoms with E-state index < -0.39 is 5.91 Å². The normalized spacial score (nSPS) is 10.4. The topological polar surface area (TPSA) is 118 Å². The maximum Gasteiger partial charge on any atom is 0.254 e. The Hall–Kier alpha value is -2.61. The zero-order valence-corrected chi connectivity index (χ0v) is 11.7. The Morgan fingerprint density at radius 1 is 1.48 bits per heavy atom. The van der Waals surface area contributed by atoms with E-state index in [4.69, 9.17) is 10.8 Å². The second-order valence-corrected chi connectivity index (χ2v) is 4.48. The highest BCUT2D eigenvalue weighted by molar-refractivity contribution is 5.97. The highest BCUT2D eigenvalue weighted by atomic mass is 16.3. The van der Waals surface area contributed by atoms with Crippen molar-refractivity contribution >= 4 is 17.5 Å². The second-order valence-electron chi connectivity index (χ2n) is 4.48. The molecule has 2 aromatic rings. The first-order valence-corrected chi connectivity index (χ1v) is 6.47. The molecule has 2 heterocycles. The van der Waals surface area contributed by atoms with Crippen molar-refractivity contribution in [3.8, 4) is 0 Å². The first-order chi connectivity index (χ1) is 10.1. The van der Waals surface area contributed by atoms with Gasteiger partial charge in [-0.2, -0.15) is 5.10 Å². The Labute approximate surface area is 122 Å². The van der Waals surface area contributed by atoms with Crippen LogP contribution in [0.1, 0.15) is 15.9 Å². The lowest BCUT2D eigenvalue weighted by atomic mass is 10.2. The standard InChI is InChI=1S/C13H18N6O2/c1-19-8-10(12(14)21)13(18-19)17-7-9-2-3-15-11(6-9)16-4-5-20/h2-3,6,8,20H,4-5,7H2,1H3,(H2,14,21)(H,15,16)(H,17,18). The van der Waals surface area contributed by atoms with Crippen molar-refractivity contribution in [2.45, 2.75) is 6.54 Å². The number of anilines is 2. The van der Waals surface area contributed by atoms with Gasteiger partial charge in [-0.1, -0.05) is 0 Å². The molecule has 0 bridgehead atoms. The number of nitrogens with one attached hydrogen (secondary N) is 2. The second kappa shape index (κ2) is 6.71. The molecular formula is C13H18N6O2. The van der Waals surface area contributed by atoms with Gasteiger partial charge in [0.05, 0.1) is 6.61 Å². The largest absolute Gasteiger partial charge is 0.395 e. The number of carbonyl (C=O) groups is 1. The molecule has 0 aliphatic rings. The summed E-state index contributed by atoms with van der Waals surface area (Å²) in [4.78, 5) is 15.4. The number of nitrogens with two attached hydrogens (primary N) is 1. The van der Waals surface area contributed by atoms with E-state index in [0.29, 0.717) is 30.3 Å². The van der Waals surface area contributed by atoms with Crippen molar-refractivity contribution < 1.29 is 9.90 Å². The van der Waals surface area contributed by atoms with Crippen molar-refractivity contribution in [2.75, 3.05) is 23.8 Å². The van der Waals surface area contributed by atoms with Gasteiger partial charge in [0.15, 0.2) is 5.82 Å². The van der Waals surface area contributed by atoms with Crippen molar-refractivity contribution in [2.24, 2.45) is 12.8 Å². The number of aliphatic hydroxyl groups excluding tert-OH is 1. The number of rotatable bonds is 7. The minimum absolute atomic E-state index is 0.0417. The van der Waals surface area contributed by atoms with E-state index in [1.807, 2.05) is 12.1 Å². The van der Waals surface area contributed by atoms with Gasteiger partial charge in [-0.3, -0.25) is 9.48 Å². The van der Waals surface area contributed by atoms with E-state index >= 15 is 0 Å². The molecule has 2 aromatic heterocycles. The molecule has 0 atom stereocenters. The smallest absolute Gasteiger partial charge is 0.254 e. The number of pyridine rings is 1. The summed E-state index contributed by atoms with van der Waals surface area (Å²) in [5.41, 5.74) is 6.62. The van der Waals surface area contributed by atoms with Crippen molar-refractivity contribution in [3.05, 3.63) is 35.7 Å². The van der Waals surface area contributed by atoms with E-state index in [1.54, 1.807) is 19.4 Å². The summed E-state index contributed by atoms with van der Waals surface area (Å²) in [5.74, 6) is 0.608. The summed E-state index contributed by atoms with van der Waals surface area (Å²) in [6.45, 7) is 0.962. The van der Waals surface area contributed by atoms with Gasteiger partial charge in [0.1, 0.15) is 11.4 Å². The number of aromatic nitrogens is 3. The third-order valence-electron chi connectivity index (χ3n) is 2.80. The molecule has 5 N–H and O–H groups in total. The van der Waals surface area contributed by atoms with Crippen LogP contribution in [0.3, 0.4) is 0 Å². The van der Waals surface area contributed by atoms with Gasteiger partial charge < -0.3 is 21.5 Å². The zero-order chi connectivity index (χ0) is 15.2. The molecule has 1 amide bonds. The van der Waals surface area contributed by atoms with Crippen LogP contribution in [0, 0.1) is 0 Å². The fourth-order valence-corrected chi connectivity index (χ4v) is 1.85. The molecule has 0 aromatic carbocycles. The molecule has 21 heavy (non-hydrogen) atoms. The Morgan fingerprint density at radius 3 is 3.00 bits per heavy atom. The Kier molecular flexibility index (Phi) is 4.72. The molecule has 0 saturated carbocycles. The average molecular weight is 290 g/mol. The number of hydrogen-bond donors (Lipinski definition) is 4. The van der Waals surface area contributed by atoms with Crippen LogP contribution in [0.4, 0.5) is 11.6 Å². The molecule has 112 valence electrons. The number of aliphatic hydroxyl groups is 1. The lowest BCUT2D eigenvalue weighted by Gasteiger charge is -2.07. The van der Waals surface area contributed by atoms with Crippen LogP contribution in [0.5, 0.6) is 0 Å². The highest BCUT2D eigenvalue weighted by Crippen LogP contribution is 2.14. The summed E-state index contributed by atoms with van der Waals surface area (Å²) in [7, 11) is 1.72. The van der Waals surface area contributed by atoms with E-state index in [9.17, 15) is 4.79 Å². The monoisotopic (exact) mass is 290 g/mol. The SMILES string of the molecule is Cn1cc(C(N)=O)c(NCc2ccnc(NCCO)c2)n1. The van der Waals surface area contributed by atoms with E-state index in [1.165, 1.54) is 4.68 Å². The first-order valence-electron chi connectivity index (χ1n) is 6.47. The average Bonchev–Trinajstić information content (AvgIpc) is 2.85. The fraction of sp³-hybridized carbons (Fsp3) is 0.308. The third-order valence-corrected chi connectivity index (χ3v) is 2.80. The van der Waals surface area contributed by atoms with Crippen molar-refractivity contribution in [1.29, 1.82) is 0 Å². The first kappa shape index (κ1) is 14.8. The summed E-state index contributed by atoms with van der Waals surface area (Å²) < 4.78 is 1.53. The number of amides is 1. The minimum Gasteiger partial charge on any atom is -0.395 e. The summed E-state index contributed by atoms with van der Waals surface area (Å²) in [6.07, 6.45) is 3.25. The Morgan fingerprint density at radius 2 is 2.29 bits per heavy atom. The summed E-state index contributed by atoms with van der Waals surface area (Å²) in [5, 5.41) is 19.0. The van der Waals surface area contributed by atoms with Crippen molar-refractivity contribution in [3.63, 3.8) is 0 Å². The van der Waals surface area contributed by atoms with Gasteiger partial charge >= 0.3 is 0 Å². The number of primary amides is 1. The lowest BCUT2D eigenvalue weighted by molar-refractivity contribution is 0.100. The Bertz CT molecular complexity index is 625. The number of hydrogen-bond acceptors (Lipinski definition) is 6. The predicted octanol–water partition coefficient (Wildman–Crippen LogP) is -0.0697. The quantitative estimate of drug-likeness (QED) is 0.567. The van der Waals surface area contributed by atoms with E-state index in [0.717, 1.165) is 5.56 Å². The highest BCUT2D eigenvalue weighted by Gasteiger charge is 2.12. The van der Waals surface area contributed by atoms with Crippen LogP contribution >= 0.6 is 0 Å². The molecule has 0 spiro atoms. The van der Waals surface area contributed by atoms with Gasteiger partial charge in [-0.05, 0) is 17.7 Å². The van der Waals surface area contributed by atoms with Crippen LogP contribution in [-0.2, 0) is 13.6 Å². The van der Waals surface area contributed by atoms with Crippen LogP contribution in [0.15, 0.2) is 24.5 Å². The molecular weight excluding hydrogens is 272 g/mol. The minimum atomic E-state index is -0.523. The fourth-order valence-electron chi connectivity index (χ4n) is 1.85. The van der Waals surface area contributed by atoms with E-state index in [2.05, 4.69) is 20.7 Å². The lowest BCUT2D eigenvalue weighted by Crippen LogP contribution is -2.13. The maximum atomic E-state index is 11.3. The van der Waals surface area contributed by atoms with E-state index in [-0.39, 0.29) is 6.61 Å². The molecule has 0 aliphatic carbocycles. The van der Waals surface area contributed by atoms with Gasteiger partial charge in [-0.25, -0.2) is 4.98 Å². The van der Waals surface area contributed by atoms with Gasteiger partial charge in [0.25, 0.3) is 5.91 Å². The Balaban J connectivity index is 2.04. The van der Waals surface area contributed by atoms with Crippen molar-refractivity contribution in [1.82, 2.24) is 14.8 Å². The summed E-state index contributed by atoms with van der Waals surface area (Å²) >= 11 is 0. The van der Waals surface area contributed by atoms with Crippen LogP contribution in [0.2, 0.25) is 0 Å². The number of aryl methyl sites for hydroxylation is 1. The number of carbonyl (C=O) groups excluding carboxylic acids is 1.